The smallest absolute Gasteiger partial charge is 0.362 e. The van der Waals surface area contributed by atoms with Gasteiger partial charge < -0.3 is 15.5 Å². The Morgan fingerprint density at radius 3 is 2.41 bits per heavy atom. The maximum atomic E-state index is 13.7. The average Bonchev–Trinajstić information content (AvgIpc) is 2.79. The molecule has 2 N–H and O–H groups in total. The van der Waals surface area contributed by atoms with Gasteiger partial charge >= 0.3 is 6.18 Å². The number of nitrogens with one attached hydrogen (secondary N) is 2. The first-order chi connectivity index (χ1) is 16.2. The molecule has 0 saturated heterocycles. The van der Waals surface area contributed by atoms with Gasteiger partial charge in [0.05, 0.1) is 11.1 Å². The van der Waals surface area contributed by atoms with E-state index in [0.29, 0.717) is 24.0 Å². The highest BCUT2D eigenvalue weighted by Gasteiger charge is 2.33. The maximum absolute atomic E-state index is 13.7. The maximum Gasteiger partial charge on any atom is 0.419 e. The number of anilines is 2. The number of para-hydroxylation sites is 1. The zero-order valence-electron chi connectivity index (χ0n) is 19.3. The molecule has 1 saturated carbocycles. The summed E-state index contributed by atoms with van der Waals surface area (Å²) < 4.78 is 51.8. The van der Waals surface area contributed by atoms with Crippen LogP contribution in [0.3, 0.4) is 0 Å². The van der Waals surface area contributed by atoms with E-state index >= 15 is 0 Å². The van der Waals surface area contributed by atoms with E-state index in [9.17, 15) is 17.6 Å². The molecule has 0 aliphatic heterocycles. The van der Waals surface area contributed by atoms with Gasteiger partial charge in [0.15, 0.2) is 0 Å². The van der Waals surface area contributed by atoms with Crippen LogP contribution in [-0.2, 0) is 12.7 Å². The molecule has 1 aromatic heterocycles. The molecule has 1 heterocycles. The minimum atomic E-state index is -4.67. The van der Waals surface area contributed by atoms with E-state index in [2.05, 4.69) is 15.6 Å². The van der Waals surface area contributed by atoms with Crippen LogP contribution in [0.2, 0.25) is 0 Å². The number of hydrogen-bond donors (Lipinski definition) is 2. The molecular formula is C25H29F4N5. The third-order valence-electron chi connectivity index (χ3n) is 6.29. The summed E-state index contributed by atoms with van der Waals surface area (Å²) in [5, 5.41) is 7.77. The summed E-state index contributed by atoms with van der Waals surface area (Å²) >= 11 is 0. The Labute approximate surface area is 196 Å². The monoisotopic (exact) mass is 475 g/mol. The third-order valence-corrected chi connectivity index (χ3v) is 6.29. The lowest BCUT2D eigenvalue weighted by atomic mass is 9.86. The van der Waals surface area contributed by atoms with Crippen molar-refractivity contribution in [1.82, 2.24) is 15.3 Å². The Balaban J connectivity index is 1.27. The van der Waals surface area contributed by atoms with E-state index in [1.807, 2.05) is 43.3 Å². The van der Waals surface area contributed by atoms with Crippen LogP contribution >= 0.6 is 0 Å². The predicted octanol–water partition coefficient (Wildman–Crippen LogP) is 5.61. The van der Waals surface area contributed by atoms with Gasteiger partial charge in [-0.15, -0.1) is 0 Å². The number of halogens is 4. The molecule has 2 aromatic carbocycles. The summed E-state index contributed by atoms with van der Waals surface area (Å²) in [7, 11) is 3.94. The highest BCUT2D eigenvalue weighted by atomic mass is 19.4. The molecule has 1 aliphatic rings. The van der Waals surface area contributed by atoms with Crippen LogP contribution in [-0.4, -0.2) is 36.6 Å². The third kappa shape index (κ3) is 5.75. The van der Waals surface area contributed by atoms with Gasteiger partial charge in [-0.25, -0.2) is 9.37 Å². The van der Waals surface area contributed by atoms with Gasteiger partial charge in [-0.2, -0.15) is 18.2 Å². The first kappa shape index (κ1) is 24.2. The lowest BCUT2D eigenvalue weighted by Gasteiger charge is -2.29. The topological polar surface area (TPSA) is 53.1 Å². The second-order valence-electron chi connectivity index (χ2n) is 9.09. The van der Waals surface area contributed by atoms with Crippen LogP contribution in [0, 0.1) is 11.7 Å². The van der Waals surface area contributed by atoms with Gasteiger partial charge in [0.2, 0.25) is 5.95 Å². The van der Waals surface area contributed by atoms with Crippen molar-refractivity contribution in [3.63, 3.8) is 0 Å². The lowest BCUT2D eigenvalue weighted by molar-refractivity contribution is -0.140. The first-order valence-corrected chi connectivity index (χ1v) is 11.5. The van der Waals surface area contributed by atoms with Gasteiger partial charge in [-0.05, 0) is 68.0 Å². The van der Waals surface area contributed by atoms with Crippen molar-refractivity contribution in [2.24, 2.45) is 5.92 Å². The van der Waals surface area contributed by atoms with E-state index in [-0.39, 0.29) is 6.04 Å². The summed E-state index contributed by atoms with van der Waals surface area (Å²) in [6.07, 6.45) is -0.682. The van der Waals surface area contributed by atoms with Crippen molar-refractivity contribution in [2.75, 3.05) is 30.9 Å². The number of aromatic nitrogens is 2. The van der Waals surface area contributed by atoms with Crippen LogP contribution in [0.15, 0.2) is 42.5 Å². The van der Waals surface area contributed by atoms with Crippen LogP contribution in [0.5, 0.6) is 0 Å². The molecule has 4 rings (SSSR count). The summed E-state index contributed by atoms with van der Waals surface area (Å²) in [4.78, 5) is 11.4. The molecule has 182 valence electrons. The van der Waals surface area contributed by atoms with E-state index in [4.69, 9.17) is 4.98 Å². The molecule has 0 radical (unpaired) electrons. The number of fused-ring (bicyclic) bond motifs is 1. The Kier molecular flexibility index (Phi) is 7.21. The van der Waals surface area contributed by atoms with Gasteiger partial charge in [-0.3, -0.25) is 0 Å². The van der Waals surface area contributed by atoms with E-state index < -0.39 is 17.6 Å². The summed E-state index contributed by atoms with van der Waals surface area (Å²) in [6, 6.07) is 11.3. The van der Waals surface area contributed by atoms with Crippen LogP contribution in [0.25, 0.3) is 10.9 Å². The number of rotatable bonds is 7. The number of benzene rings is 2. The molecule has 5 nitrogen and oxygen atoms in total. The second kappa shape index (κ2) is 10.1. The van der Waals surface area contributed by atoms with Crippen molar-refractivity contribution in [1.29, 1.82) is 0 Å². The molecule has 9 heteroatoms. The number of hydrogen-bond acceptors (Lipinski definition) is 5. The minimum Gasteiger partial charge on any atom is -0.362 e. The highest BCUT2D eigenvalue weighted by molar-refractivity contribution is 5.90. The molecule has 0 spiro atoms. The fourth-order valence-corrected chi connectivity index (χ4v) is 4.48. The standard InChI is InChI=1S/C25H29F4N5/c1-34(2)23-19-5-3-4-6-22(19)32-24(33-23)31-18-10-7-16(8-11-18)14-30-15-17-9-12-20(21(26)13-17)25(27,28)29/h3-6,9,12-13,16,18,30H,7-8,10-11,14-15H2,1-2H3,(H,31,32,33)/t16-,18+. The molecule has 0 amide bonds. The van der Waals surface area contributed by atoms with Gasteiger partial charge in [0, 0.05) is 32.1 Å². The molecule has 3 aromatic rings. The normalized spacial score (nSPS) is 18.8. The Morgan fingerprint density at radius 2 is 1.74 bits per heavy atom. The molecule has 0 unspecified atom stereocenters. The summed E-state index contributed by atoms with van der Waals surface area (Å²) in [5.41, 5.74) is 0.183. The molecule has 0 atom stereocenters. The van der Waals surface area contributed by atoms with Crippen molar-refractivity contribution >= 4 is 22.7 Å². The Bertz CT molecular complexity index is 1120. The Morgan fingerprint density at radius 1 is 1.00 bits per heavy atom. The fraction of sp³-hybridized carbons (Fsp3) is 0.440. The summed E-state index contributed by atoms with van der Waals surface area (Å²) in [5.74, 6) is 0.748. The zero-order valence-corrected chi connectivity index (χ0v) is 19.3. The van der Waals surface area contributed by atoms with E-state index in [0.717, 1.165) is 61.1 Å². The van der Waals surface area contributed by atoms with E-state index in [1.165, 1.54) is 6.07 Å². The fourth-order valence-electron chi connectivity index (χ4n) is 4.48. The van der Waals surface area contributed by atoms with Crippen molar-refractivity contribution in [2.45, 2.75) is 44.4 Å². The number of alkyl halides is 3. The lowest BCUT2D eigenvalue weighted by Crippen LogP contribution is -2.31. The van der Waals surface area contributed by atoms with Crippen LogP contribution in [0.4, 0.5) is 29.3 Å². The van der Waals surface area contributed by atoms with Gasteiger partial charge in [0.1, 0.15) is 11.6 Å². The largest absolute Gasteiger partial charge is 0.419 e. The van der Waals surface area contributed by atoms with Crippen molar-refractivity contribution < 1.29 is 17.6 Å². The average molecular weight is 476 g/mol. The highest BCUT2D eigenvalue weighted by Crippen LogP contribution is 2.32. The second-order valence-corrected chi connectivity index (χ2v) is 9.09. The quantitative estimate of drug-likeness (QED) is 0.435. The van der Waals surface area contributed by atoms with Gasteiger partial charge in [0.25, 0.3) is 0 Å². The molecule has 1 fully saturated rings. The SMILES string of the molecule is CN(C)c1nc(N[C@H]2CC[C@@H](CNCc3ccc(C(F)(F)F)c(F)c3)CC2)nc2ccccc12. The van der Waals surface area contributed by atoms with Crippen LogP contribution in [0.1, 0.15) is 36.8 Å². The summed E-state index contributed by atoms with van der Waals surface area (Å²) in [6.45, 7) is 1.08. The van der Waals surface area contributed by atoms with Crippen molar-refractivity contribution in [3.05, 3.63) is 59.4 Å². The van der Waals surface area contributed by atoms with Crippen LogP contribution < -0.4 is 15.5 Å². The zero-order chi connectivity index (χ0) is 24.3. The first-order valence-electron chi connectivity index (χ1n) is 11.5. The van der Waals surface area contributed by atoms with Crippen molar-refractivity contribution in [3.8, 4) is 0 Å². The number of nitrogens with zero attached hydrogens (tertiary/aromatic N) is 3. The molecule has 34 heavy (non-hydrogen) atoms. The molecule has 1 aliphatic carbocycles. The molecular weight excluding hydrogens is 446 g/mol. The Hall–Kier alpha value is -2.94. The van der Waals surface area contributed by atoms with E-state index in [1.54, 1.807) is 0 Å². The van der Waals surface area contributed by atoms with Gasteiger partial charge in [-0.1, -0.05) is 18.2 Å². The minimum absolute atomic E-state index is 0.288. The molecule has 0 bridgehead atoms. The predicted molar refractivity (Wildman–Crippen MR) is 126 cm³/mol.